The molecule has 0 saturated carbocycles. The standard InChI is InChI=1S/C13H12BrNO2/c1-3-17-13(16)12(8-15)9(2)10-5-4-6-11(14)7-10/h4-7H,3H2,1-2H3. The van der Waals surface area contributed by atoms with Crippen LogP contribution in [-0.4, -0.2) is 12.6 Å². The van der Waals surface area contributed by atoms with E-state index in [4.69, 9.17) is 10.00 Å². The smallest absolute Gasteiger partial charge is 0.349 e. The van der Waals surface area contributed by atoms with Gasteiger partial charge in [0.2, 0.25) is 0 Å². The third kappa shape index (κ3) is 3.43. The number of carbonyl (C=O) groups excluding carboxylic acids is 1. The lowest BCUT2D eigenvalue weighted by Crippen LogP contribution is -2.08. The summed E-state index contributed by atoms with van der Waals surface area (Å²) >= 11 is 3.35. The van der Waals surface area contributed by atoms with E-state index in [0.717, 1.165) is 10.0 Å². The molecule has 0 radical (unpaired) electrons. The first-order valence-corrected chi connectivity index (χ1v) is 5.93. The van der Waals surface area contributed by atoms with Crippen LogP contribution in [0.15, 0.2) is 34.3 Å². The molecule has 4 heteroatoms. The summed E-state index contributed by atoms with van der Waals surface area (Å²) in [5.74, 6) is -0.576. The summed E-state index contributed by atoms with van der Waals surface area (Å²) in [4.78, 5) is 11.6. The van der Waals surface area contributed by atoms with Gasteiger partial charge >= 0.3 is 5.97 Å². The van der Waals surface area contributed by atoms with Gasteiger partial charge in [-0.2, -0.15) is 5.26 Å². The van der Waals surface area contributed by atoms with Crippen LogP contribution in [0.3, 0.4) is 0 Å². The van der Waals surface area contributed by atoms with E-state index in [-0.39, 0.29) is 12.2 Å². The van der Waals surface area contributed by atoms with Crippen LogP contribution >= 0.6 is 15.9 Å². The Morgan fingerprint density at radius 3 is 2.76 bits per heavy atom. The predicted octanol–water partition coefficient (Wildman–Crippen LogP) is 3.31. The summed E-state index contributed by atoms with van der Waals surface area (Å²) in [6.07, 6.45) is 0. The molecule has 0 aliphatic heterocycles. The number of hydrogen-bond donors (Lipinski definition) is 0. The fourth-order valence-corrected chi connectivity index (χ4v) is 1.75. The Morgan fingerprint density at radius 1 is 1.53 bits per heavy atom. The van der Waals surface area contributed by atoms with Crippen molar-refractivity contribution in [1.82, 2.24) is 0 Å². The van der Waals surface area contributed by atoms with E-state index in [1.165, 1.54) is 0 Å². The molecule has 0 aromatic heterocycles. The number of halogens is 1. The van der Waals surface area contributed by atoms with Gasteiger partial charge in [0.25, 0.3) is 0 Å². The molecular formula is C13H12BrNO2. The first-order chi connectivity index (χ1) is 8.10. The quantitative estimate of drug-likeness (QED) is 0.488. The Hall–Kier alpha value is -1.60. The van der Waals surface area contributed by atoms with Crippen LogP contribution in [-0.2, 0) is 9.53 Å². The normalized spacial score (nSPS) is 11.4. The minimum Gasteiger partial charge on any atom is -0.462 e. The zero-order valence-corrected chi connectivity index (χ0v) is 11.2. The number of nitriles is 1. The lowest BCUT2D eigenvalue weighted by atomic mass is 10.0. The van der Waals surface area contributed by atoms with Crippen molar-refractivity contribution in [1.29, 1.82) is 5.26 Å². The highest BCUT2D eigenvalue weighted by atomic mass is 79.9. The molecule has 0 bridgehead atoms. The van der Waals surface area contributed by atoms with Crippen LogP contribution < -0.4 is 0 Å². The summed E-state index contributed by atoms with van der Waals surface area (Å²) in [6, 6.07) is 9.32. The molecule has 0 saturated heterocycles. The zero-order chi connectivity index (χ0) is 12.8. The van der Waals surface area contributed by atoms with Crippen LogP contribution in [0.4, 0.5) is 0 Å². The van der Waals surface area contributed by atoms with Gasteiger partial charge in [-0.05, 0) is 37.1 Å². The Labute approximate surface area is 109 Å². The second-order valence-corrected chi connectivity index (χ2v) is 4.26. The van der Waals surface area contributed by atoms with Gasteiger partial charge < -0.3 is 4.74 Å². The molecule has 3 nitrogen and oxygen atoms in total. The molecule has 1 rings (SSSR count). The maximum Gasteiger partial charge on any atom is 0.349 e. The minimum absolute atomic E-state index is 0.0463. The number of rotatable bonds is 3. The molecule has 0 unspecified atom stereocenters. The van der Waals surface area contributed by atoms with Gasteiger partial charge in [-0.15, -0.1) is 0 Å². The molecular weight excluding hydrogens is 282 g/mol. The SMILES string of the molecule is CCOC(=O)C(C#N)=C(C)c1cccc(Br)c1. The van der Waals surface area contributed by atoms with Gasteiger partial charge in [-0.1, -0.05) is 28.1 Å². The molecule has 17 heavy (non-hydrogen) atoms. The van der Waals surface area contributed by atoms with Crippen molar-refractivity contribution in [2.75, 3.05) is 6.61 Å². The second-order valence-electron chi connectivity index (χ2n) is 3.34. The molecule has 1 aromatic carbocycles. The fraction of sp³-hybridized carbons (Fsp3) is 0.231. The molecule has 0 amide bonds. The Bertz CT molecular complexity index is 500. The first-order valence-electron chi connectivity index (χ1n) is 5.14. The molecule has 0 N–H and O–H groups in total. The lowest BCUT2D eigenvalue weighted by molar-refractivity contribution is -0.137. The molecule has 0 aliphatic rings. The fourth-order valence-electron chi connectivity index (χ4n) is 1.35. The van der Waals surface area contributed by atoms with Crippen molar-refractivity contribution in [2.45, 2.75) is 13.8 Å². The van der Waals surface area contributed by atoms with E-state index in [1.54, 1.807) is 13.8 Å². The zero-order valence-electron chi connectivity index (χ0n) is 9.66. The van der Waals surface area contributed by atoms with Gasteiger partial charge in [0.05, 0.1) is 6.61 Å². The largest absolute Gasteiger partial charge is 0.462 e. The van der Waals surface area contributed by atoms with Crippen LogP contribution in [0.5, 0.6) is 0 Å². The summed E-state index contributed by atoms with van der Waals surface area (Å²) in [5, 5.41) is 9.00. The minimum atomic E-state index is -0.576. The number of ether oxygens (including phenoxy) is 1. The Kier molecular flexibility index (Phi) is 4.92. The van der Waals surface area contributed by atoms with Gasteiger partial charge in [0.1, 0.15) is 11.6 Å². The maximum absolute atomic E-state index is 11.6. The molecule has 0 heterocycles. The van der Waals surface area contributed by atoms with Crippen LogP contribution in [0, 0.1) is 11.3 Å². The van der Waals surface area contributed by atoms with Crippen molar-refractivity contribution in [2.24, 2.45) is 0 Å². The van der Waals surface area contributed by atoms with E-state index in [0.29, 0.717) is 5.57 Å². The third-order valence-corrected chi connectivity index (χ3v) is 2.72. The van der Waals surface area contributed by atoms with E-state index in [2.05, 4.69) is 15.9 Å². The highest BCUT2D eigenvalue weighted by Crippen LogP contribution is 2.22. The summed E-state index contributed by atoms with van der Waals surface area (Å²) in [7, 11) is 0. The Morgan fingerprint density at radius 2 is 2.24 bits per heavy atom. The molecule has 0 aliphatic carbocycles. The van der Waals surface area contributed by atoms with Gasteiger partial charge in [-0.25, -0.2) is 4.79 Å². The van der Waals surface area contributed by atoms with Gasteiger partial charge in [0, 0.05) is 4.47 Å². The van der Waals surface area contributed by atoms with Crippen molar-refractivity contribution >= 4 is 27.5 Å². The number of nitrogens with zero attached hydrogens (tertiary/aromatic N) is 1. The first kappa shape index (κ1) is 13.5. The summed E-state index contributed by atoms with van der Waals surface area (Å²) in [5.41, 5.74) is 1.49. The Balaban J connectivity index is 3.18. The predicted molar refractivity (Wildman–Crippen MR) is 69.0 cm³/mol. The van der Waals surface area contributed by atoms with Crippen molar-refractivity contribution in [3.63, 3.8) is 0 Å². The monoisotopic (exact) mass is 293 g/mol. The number of esters is 1. The average molecular weight is 294 g/mol. The molecule has 1 aromatic rings. The van der Waals surface area contributed by atoms with E-state index in [9.17, 15) is 4.79 Å². The van der Waals surface area contributed by atoms with E-state index >= 15 is 0 Å². The topological polar surface area (TPSA) is 50.1 Å². The molecule has 0 atom stereocenters. The van der Waals surface area contributed by atoms with E-state index < -0.39 is 5.97 Å². The van der Waals surface area contributed by atoms with Crippen LogP contribution in [0.2, 0.25) is 0 Å². The van der Waals surface area contributed by atoms with Gasteiger partial charge in [-0.3, -0.25) is 0 Å². The average Bonchev–Trinajstić information content (AvgIpc) is 2.30. The highest BCUT2D eigenvalue weighted by molar-refractivity contribution is 9.10. The number of benzene rings is 1. The van der Waals surface area contributed by atoms with Crippen LogP contribution in [0.25, 0.3) is 5.57 Å². The van der Waals surface area contributed by atoms with Crippen molar-refractivity contribution in [3.8, 4) is 6.07 Å². The summed E-state index contributed by atoms with van der Waals surface area (Å²) < 4.78 is 5.74. The number of hydrogen-bond acceptors (Lipinski definition) is 3. The van der Waals surface area contributed by atoms with Crippen molar-refractivity contribution < 1.29 is 9.53 Å². The number of allylic oxidation sites excluding steroid dienone is 1. The summed E-state index contributed by atoms with van der Waals surface area (Å²) in [6.45, 7) is 3.70. The molecule has 0 spiro atoms. The van der Waals surface area contributed by atoms with E-state index in [1.807, 2.05) is 30.3 Å². The maximum atomic E-state index is 11.6. The van der Waals surface area contributed by atoms with Crippen molar-refractivity contribution in [3.05, 3.63) is 39.9 Å². The highest BCUT2D eigenvalue weighted by Gasteiger charge is 2.14. The second kappa shape index (κ2) is 6.21. The van der Waals surface area contributed by atoms with Gasteiger partial charge in [0.15, 0.2) is 0 Å². The molecule has 88 valence electrons. The molecule has 0 fully saturated rings. The number of carbonyl (C=O) groups is 1. The third-order valence-electron chi connectivity index (χ3n) is 2.22. The van der Waals surface area contributed by atoms with Crippen LogP contribution in [0.1, 0.15) is 19.4 Å². The lowest BCUT2D eigenvalue weighted by Gasteiger charge is -2.06.